The van der Waals surface area contributed by atoms with Crippen LogP contribution in [0.4, 0.5) is 4.39 Å². The summed E-state index contributed by atoms with van der Waals surface area (Å²) in [5, 5.41) is 0. The Kier molecular flexibility index (Phi) is 3.48. The SMILES string of the molecule is CC(N)CN1C[C@@H]2C[C@H]1C(=O)N2Cc1cccc(F)c1. The van der Waals surface area contributed by atoms with Crippen LogP contribution in [0.3, 0.4) is 0 Å². The van der Waals surface area contributed by atoms with Crippen molar-refractivity contribution in [2.24, 2.45) is 5.73 Å². The topological polar surface area (TPSA) is 49.6 Å². The molecule has 2 saturated heterocycles. The van der Waals surface area contributed by atoms with Crippen LogP contribution in [0.5, 0.6) is 0 Å². The Morgan fingerprint density at radius 1 is 1.50 bits per heavy atom. The van der Waals surface area contributed by atoms with Crippen LogP contribution in [-0.4, -0.2) is 46.9 Å². The average Bonchev–Trinajstić information content (AvgIpc) is 2.89. The maximum atomic E-state index is 13.2. The number of piperazine rings is 1. The van der Waals surface area contributed by atoms with Crippen LogP contribution in [0.15, 0.2) is 24.3 Å². The number of rotatable bonds is 4. The molecule has 0 radical (unpaired) electrons. The Labute approximate surface area is 118 Å². The molecular formula is C15H20FN3O. The monoisotopic (exact) mass is 277 g/mol. The lowest BCUT2D eigenvalue weighted by atomic mass is 10.2. The van der Waals surface area contributed by atoms with Gasteiger partial charge in [-0.05, 0) is 31.0 Å². The van der Waals surface area contributed by atoms with Gasteiger partial charge in [-0.1, -0.05) is 12.1 Å². The Hall–Kier alpha value is -1.46. The molecule has 3 rings (SSSR count). The van der Waals surface area contributed by atoms with E-state index >= 15 is 0 Å². The summed E-state index contributed by atoms with van der Waals surface area (Å²) < 4.78 is 13.2. The minimum absolute atomic E-state index is 0.0282. The van der Waals surface area contributed by atoms with E-state index in [1.54, 1.807) is 6.07 Å². The highest BCUT2D eigenvalue weighted by molar-refractivity contribution is 5.85. The number of amides is 1. The third-order valence-electron chi connectivity index (χ3n) is 4.15. The number of nitrogens with zero attached hydrogens (tertiary/aromatic N) is 2. The van der Waals surface area contributed by atoms with Gasteiger partial charge in [-0.25, -0.2) is 4.39 Å². The smallest absolute Gasteiger partial charge is 0.240 e. The molecule has 1 aromatic rings. The van der Waals surface area contributed by atoms with Gasteiger partial charge in [0.2, 0.25) is 5.91 Å². The van der Waals surface area contributed by atoms with Gasteiger partial charge >= 0.3 is 0 Å². The van der Waals surface area contributed by atoms with Crippen LogP contribution >= 0.6 is 0 Å². The molecule has 0 aliphatic carbocycles. The van der Waals surface area contributed by atoms with E-state index < -0.39 is 0 Å². The molecule has 0 aromatic heterocycles. The summed E-state index contributed by atoms with van der Waals surface area (Å²) >= 11 is 0. The second-order valence-electron chi connectivity index (χ2n) is 5.93. The van der Waals surface area contributed by atoms with Crippen molar-refractivity contribution in [3.63, 3.8) is 0 Å². The molecule has 2 heterocycles. The summed E-state index contributed by atoms with van der Waals surface area (Å²) in [6.07, 6.45) is 0.876. The number of carbonyl (C=O) groups excluding carboxylic acids is 1. The lowest BCUT2D eigenvalue weighted by Crippen LogP contribution is -2.52. The van der Waals surface area contributed by atoms with E-state index in [2.05, 4.69) is 4.90 Å². The number of halogens is 1. The summed E-state index contributed by atoms with van der Waals surface area (Å²) in [7, 11) is 0. The molecule has 2 aliphatic rings. The maximum Gasteiger partial charge on any atom is 0.240 e. The number of fused-ring (bicyclic) bond motifs is 2. The summed E-state index contributed by atoms with van der Waals surface area (Å²) in [6, 6.07) is 6.77. The zero-order chi connectivity index (χ0) is 14.3. The predicted molar refractivity (Wildman–Crippen MR) is 74.4 cm³/mol. The minimum atomic E-state index is -0.252. The molecule has 2 fully saturated rings. The predicted octanol–water partition coefficient (Wildman–Crippen LogP) is 0.958. The highest BCUT2D eigenvalue weighted by atomic mass is 19.1. The molecule has 2 N–H and O–H groups in total. The second kappa shape index (κ2) is 5.14. The first-order valence-corrected chi connectivity index (χ1v) is 7.09. The van der Waals surface area contributed by atoms with E-state index in [1.165, 1.54) is 12.1 Å². The summed E-state index contributed by atoms with van der Waals surface area (Å²) in [5.41, 5.74) is 6.67. The Morgan fingerprint density at radius 3 is 2.95 bits per heavy atom. The zero-order valence-electron chi connectivity index (χ0n) is 11.6. The molecule has 108 valence electrons. The maximum absolute atomic E-state index is 13.2. The van der Waals surface area contributed by atoms with Crippen molar-refractivity contribution in [3.05, 3.63) is 35.6 Å². The summed E-state index contributed by atoms with van der Waals surface area (Å²) in [5.74, 6) is -0.0935. The molecule has 0 spiro atoms. The van der Waals surface area contributed by atoms with Crippen molar-refractivity contribution in [3.8, 4) is 0 Å². The number of carbonyl (C=O) groups is 1. The van der Waals surface area contributed by atoms with Crippen molar-refractivity contribution >= 4 is 5.91 Å². The summed E-state index contributed by atoms with van der Waals surface area (Å²) in [4.78, 5) is 16.5. The first-order valence-electron chi connectivity index (χ1n) is 7.09. The zero-order valence-corrected chi connectivity index (χ0v) is 11.6. The van der Waals surface area contributed by atoms with Gasteiger partial charge in [-0.2, -0.15) is 0 Å². The van der Waals surface area contributed by atoms with Gasteiger partial charge in [-0.3, -0.25) is 9.69 Å². The molecule has 3 atom stereocenters. The fraction of sp³-hybridized carbons (Fsp3) is 0.533. The van der Waals surface area contributed by atoms with Crippen LogP contribution in [0.1, 0.15) is 18.9 Å². The minimum Gasteiger partial charge on any atom is -0.333 e. The number of likely N-dealkylation sites (tertiary alicyclic amines) is 2. The highest BCUT2D eigenvalue weighted by Crippen LogP contribution is 2.32. The lowest BCUT2D eigenvalue weighted by molar-refractivity contribution is -0.137. The lowest BCUT2D eigenvalue weighted by Gasteiger charge is -2.34. The third kappa shape index (κ3) is 2.43. The molecule has 1 unspecified atom stereocenters. The van der Waals surface area contributed by atoms with Gasteiger partial charge in [-0.15, -0.1) is 0 Å². The van der Waals surface area contributed by atoms with Crippen molar-refractivity contribution in [2.75, 3.05) is 13.1 Å². The average molecular weight is 277 g/mol. The van der Waals surface area contributed by atoms with Crippen molar-refractivity contribution in [2.45, 2.75) is 38.0 Å². The molecule has 4 nitrogen and oxygen atoms in total. The Balaban J connectivity index is 1.68. The van der Waals surface area contributed by atoms with E-state index in [-0.39, 0.29) is 29.8 Å². The van der Waals surface area contributed by atoms with E-state index in [9.17, 15) is 9.18 Å². The van der Waals surface area contributed by atoms with Gasteiger partial charge in [0, 0.05) is 31.7 Å². The van der Waals surface area contributed by atoms with Gasteiger partial charge in [0.05, 0.1) is 6.04 Å². The number of hydrogen-bond donors (Lipinski definition) is 1. The van der Waals surface area contributed by atoms with Crippen molar-refractivity contribution in [1.29, 1.82) is 0 Å². The molecule has 1 amide bonds. The highest BCUT2D eigenvalue weighted by Gasteiger charge is 2.49. The third-order valence-corrected chi connectivity index (χ3v) is 4.15. The van der Waals surface area contributed by atoms with Crippen LogP contribution < -0.4 is 5.73 Å². The van der Waals surface area contributed by atoms with Crippen LogP contribution in [0.2, 0.25) is 0 Å². The quantitative estimate of drug-likeness (QED) is 0.892. The molecule has 5 heteroatoms. The normalized spacial score (nSPS) is 27.4. The van der Waals surface area contributed by atoms with E-state index in [0.29, 0.717) is 6.54 Å². The number of benzene rings is 1. The van der Waals surface area contributed by atoms with E-state index in [1.807, 2.05) is 17.9 Å². The first kappa shape index (κ1) is 13.5. The van der Waals surface area contributed by atoms with Gasteiger partial charge < -0.3 is 10.6 Å². The van der Waals surface area contributed by atoms with Crippen LogP contribution in [0.25, 0.3) is 0 Å². The van der Waals surface area contributed by atoms with Crippen molar-refractivity contribution in [1.82, 2.24) is 9.80 Å². The Bertz CT molecular complexity index is 520. The van der Waals surface area contributed by atoms with Gasteiger partial charge in [0.15, 0.2) is 0 Å². The molecule has 0 saturated carbocycles. The largest absolute Gasteiger partial charge is 0.333 e. The standard InChI is InChI=1S/C15H20FN3O/c1-10(17)7-18-9-13-6-14(18)15(20)19(13)8-11-3-2-4-12(16)5-11/h2-5,10,13-14H,6-9,17H2,1H3/t10?,13-,14-/m0/s1. The molecular weight excluding hydrogens is 257 g/mol. The van der Waals surface area contributed by atoms with Gasteiger partial charge in [0.1, 0.15) is 5.82 Å². The Morgan fingerprint density at radius 2 is 2.30 bits per heavy atom. The van der Waals surface area contributed by atoms with E-state index in [4.69, 9.17) is 5.73 Å². The number of hydrogen-bond acceptors (Lipinski definition) is 3. The summed E-state index contributed by atoms with van der Waals surface area (Å²) in [6.45, 7) is 4.11. The molecule has 1 aromatic carbocycles. The number of nitrogens with two attached hydrogens (primary N) is 1. The molecule has 2 bridgehead atoms. The molecule has 2 aliphatic heterocycles. The van der Waals surface area contributed by atoms with Gasteiger partial charge in [0.25, 0.3) is 0 Å². The van der Waals surface area contributed by atoms with E-state index in [0.717, 1.165) is 25.1 Å². The fourth-order valence-corrected chi connectivity index (χ4v) is 3.34. The fourth-order valence-electron chi connectivity index (χ4n) is 3.34. The molecule has 20 heavy (non-hydrogen) atoms. The first-order chi connectivity index (χ1) is 9.54. The second-order valence-corrected chi connectivity index (χ2v) is 5.93. The van der Waals surface area contributed by atoms with Crippen LogP contribution in [-0.2, 0) is 11.3 Å². The van der Waals surface area contributed by atoms with Crippen LogP contribution in [0, 0.1) is 5.82 Å². The van der Waals surface area contributed by atoms with Crippen molar-refractivity contribution < 1.29 is 9.18 Å².